The van der Waals surface area contributed by atoms with Crippen molar-refractivity contribution in [1.29, 1.82) is 5.26 Å². The van der Waals surface area contributed by atoms with E-state index in [4.69, 9.17) is 5.26 Å². The van der Waals surface area contributed by atoms with Gasteiger partial charge in [-0.2, -0.15) is 5.26 Å². The molecule has 0 aliphatic heterocycles. The van der Waals surface area contributed by atoms with Crippen LogP contribution in [0.3, 0.4) is 0 Å². The number of thioether (sulfide) groups is 1. The maximum Gasteiger partial charge on any atom is 0.174 e. The molecule has 3 nitrogen and oxygen atoms in total. The van der Waals surface area contributed by atoms with Gasteiger partial charge in [-0.25, -0.2) is 0 Å². The van der Waals surface area contributed by atoms with Crippen LogP contribution in [-0.2, 0) is 5.75 Å². The Labute approximate surface area is 95.8 Å². The molecule has 15 heavy (non-hydrogen) atoms. The van der Waals surface area contributed by atoms with Gasteiger partial charge >= 0.3 is 0 Å². The highest BCUT2D eigenvalue weighted by molar-refractivity contribution is 8.00. The zero-order valence-corrected chi connectivity index (χ0v) is 9.38. The van der Waals surface area contributed by atoms with Crippen LogP contribution < -0.4 is 0 Å². The van der Waals surface area contributed by atoms with Crippen LogP contribution in [0, 0.1) is 11.3 Å². The Bertz CT molecular complexity index is 474. The molecule has 1 heterocycles. The van der Waals surface area contributed by atoms with Gasteiger partial charge in [0.2, 0.25) is 0 Å². The second-order valence-electron chi connectivity index (χ2n) is 2.76. The standard InChI is InChI=1S/C10H7N3S2/c11-5-8-3-1-2-4-9(8)6-14-10-13-12-7-15-10/h1-4,7H,6H2. The van der Waals surface area contributed by atoms with Crippen LogP contribution in [-0.4, -0.2) is 10.2 Å². The minimum atomic E-state index is 0.731. The van der Waals surface area contributed by atoms with E-state index in [0.29, 0.717) is 0 Å². The summed E-state index contributed by atoms with van der Waals surface area (Å²) in [4.78, 5) is 0. The fourth-order valence-electron chi connectivity index (χ4n) is 1.12. The van der Waals surface area contributed by atoms with Crippen LogP contribution in [0.2, 0.25) is 0 Å². The Morgan fingerprint density at radius 2 is 2.27 bits per heavy atom. The van der Waals surface area contributed by atoms with Crippen LogP contribution in [0.1, 0.15) is 11.1 Å². The van der Waals surface area contributed by atoms with E-state index in [2.05, 4.69) is 16.3 Å². The number of benzene rings is 1. The van der Waals surface area contributed by atoms with Crippen LogP contribution in [0.4, 0.5) is 0 Å². The zero-order valence-electron chi connectivity index (χ0n) is 7.75. The predicted molar refractivity (Wildman–Crippen MR) is 60.6 cm³/mol. The van der Waals surface area contributed by atoms with Gasteiger partial charge in [0.25, 0.3) is 0 Å². The van der Waals surface area contributed by atoms with Gasteiger partial charge in [0.15, 0.2) is 4.34 Å². The third kappa shape index (κ3) is 2.55. The summed E-state index contributed by atoms with van der Waals surface area (Å²) in [6.45, 7) is 0. The number of nitrogens with zero attached hydrogens (tertiary/aromatic N) is 3. The summed E-state index contributed by atoms with van der Waals surface area (Å²) < 4.78 is 0.933. The van der Waals surface area contributed by atoms with Crippen LogP contribution in [0.15, 0.2) is 34.1 Å². The molecule has 5 heteroatoms. The van der Waals surface area contributed by atoms with Gasteiger partial charge in [-0.15, -0.1) is 10.2 Å². The highest BCUT2D eigenvalue weighted by atomic mass is 32.2. The smallest absolute Gasteiger partial charge is 0.174 e. The van der Waals surface area contributed by atoms with Gasteiger partial charge in [-0.3, -0.25) is 0 Å². The molecule has 0 radical (unpaired) electrons. The number of hydrogen-bond donors (Lipinski definition) is 0. The number of aromatic nitrogens is 2. The fourth-order valence-corrected chi connectivity index (χ4v) is 2.61. The topological polar surface area (TPSA) is 49.6 Å². The maximum atomic E-state index is 8.89. The highest BCUT2D eigenvalue weighted by Crippen LogP contribution is 2.24. The normalized spacial score (nSPS) is 9.80. The molecule has 1 aromatic heterocycles. The quantitative estimate of drug-likeness (QED) is 0.765. The van der Waals surface area contributed by atoms with E-state index >= 15 is 0 Å². The molecule has 1 aromatic carbocycles. The van der Waals surface area contributed by atoms with Gasteiger partial charge in [-0.05, 0) is 11.6 Å². The van der Waals surface area contributed by atoms with Gasteiger partial charge < -0.3 is 0 Å². The molecule has 0 saturated heterocycles. The molecule has 0 aliphatic carbocycles. The highest BCUT2D eigenvalue weighted by Gasteiger charge is 2.03. The molecule has 0 spiro atoms. The van der Waals surface area contributed by atoms with Crippen molar-refractivity contribution in [3.8, 4) is 6.07 Å². The molecule has 0 bridgehead atoms. The van der Waals surface area contributed by atoms with E-state index < -0.39 is 0 Å². The largest absolute Gasteiger partial charge is 0.192 e. The predicted octanol–water partition coefficient (Wildman–Crippen LogP) is 2.70. The summed E-state index contributed by atoms with van der Waals surface area (Å²) in [5, 5.41) is 16.6. The first kappa shape index (κ1) is 10.1. The first-order valence-corrected chi connectivity index (χ1v) is 6.13. The Morgan fingerprint density at radius 3 is 3.00 bits per heavy atom. The third-order valence-electron chi connectivity index (χ3n) is 1.83. The minimum absolute atomic E-state index is 0.731. The van der Waals surface area contributed by atoms with Crippen molar-refractivity contribution < 1.29 is 0 Å². The minimum Gasteiger partial charge on any atom is -0.192 e. The van der Waals surface area contributed by atoms with Crippen molar-refractivity contribution in [2.75, 3.05) is 0 Å². The summed E-state index contributed by atoms with van der Waals surface area (Å²) in [6.07, 6.45) is 0. The summed E-state index contributed by atoms with van der Waals surface area (Å²) in [5.41, 5.74) is 3.48. The second-order valence-corrected chi connectivity index (χ2v) is 4.82. The van der Waals surface area contributed by atoms with Crippen molar-refractivity contribution in [3.05, 3.63) is 40.9 Å². The molecule has 0 atom stereocenters. The summed E-state index contributed by atoms with van der Waals surface area (Å²) in [5.74, 6) is 0.763. The van der Waals surface area contributed by atoms with E-state index in [0.717, 1.165) is 21.2 Å². The fraction of sp³-hybridized carbons (Fsp3) is 0.100. The summed E-state index contributed by atoms with van der Waals surface area (Å²) >= 11 is 3.12. The molecule has 0 fully saturated rings. The second kappa shape index (κ2) is 4.91. The Balaban J connectivity index is 2.08. The lowest BCUT2D eigenvalue weighted by atomic mass is 10.1. The first-order chi connectivity index (χ1) is 7.40. The lowest BCUT2D eigenvalue weighted by molar-refractivity contribution is 1.01. The lowest BCUT2D eigenvalue weighted by Crippen LogP contribution is -1.86. The Hall–Kier alpha value is -1.38. The van der Waals surface area contributed by atoms with Crippen molar-refractivity contribution in [3.63, 3.8) is 0 Å². The van der Waals surface area contributed by atoms with Gasteiger partial charge in [-0.1, -0.05) is 41.3 Å². The molecule has 0 aliphatic rings. The monoisotopic (exact) mass is 233 g/mol. The molecule has 74 valence electrons. The first-order valence-electron chi connectivity index (χ1n) is 4.27. The van der Waals surface area contributed by atoms with Gasteiger partial charge in [0.1, 0.15) is 5.51 Å². The van der Waals surface area contributed by atoms with Crippen molar-refractivity contribution in [2.45, 2.75) is 10.1 Å². The van der Waals surface area contributed by atoms with E-state index in [9.17, 15) is 0 Å². The summed E-state index contributed by atoms with van der Waals surface area (Å²) in [6, 6.07) is 9.79. The number of nitriles is 1. The Morgan fingerprint density at radius 1 is 1.40 bits per heavy atom. The van der Waals surface area contributed by atoms with Gasteiger partial charge in [0.05, 0.1) is 11.6 Å². The van der Waals surface area contributed by atoms with E-state index in [-0.39, 0.29) is 0 Å². The molecule has 0 amide bonds. The SMILES string of the molecule is N#Cc1ccccc1CSc1nncs1. The van der Waals surface area contributed by atoms with E-state index in [1.165, 1.54) is 11.3 Å². The van der Waals surface area contributed by atoms with Crippen molar-refractivity contribution in [1.82, 2.24) is 10.2 Å². The molecular formula is C10H7N3S2. The number of hydrogen-bond acceptors (Lipinski definition) is 5. The maximum absolute atomic E-state index is 8.89. The molecule has 0 unspecified atom stereocenters. The number of rotatable bonds is 3. The molecule has 0 N–H and O–H groups in total. The average molecular weight is 233 g/mol. The van der Waals surface area contributed by atoms with Crippen molar-refractivity contribution in [2.24, 2.45) is 0 Å². The molecule has 2 aromatic rings. The van der Waals surface area contributed by atoms with Gasteiger partial charge in [0, 0.05) is 5.75 Å². The zero-order chi connectivity index (χ0) is 10.5. The molecule has 2 rings (SSSR count). The third-order valence-corrected chi connectivity index (χ3v) is 3.74. The summed E-state index contributed by atoms with van der Waals surface area (Å²) in [7, 11) is 0. The Kier molecular flexibility index (Phi) is 3.33. The van der Waals surface area contributed by atoms with Crippen LogP contribution >= 0.6 is 23.1 Å². The molecule has 0 saturated carbocycles. The van der Waals surface area contributed by atoms with E-state index in [1.807, 2.05) is 24.3 Å². The van der Waals surface area contributed by atoms with Crippen molar-refractivity contribution >= 4 is 23.1 Å². The molecular weight excluding hydrogens is 226 g/mol. The van der Waals surface area contributed by atoms with Crippen LogP contribution in [0.5, 0.6) is 0 Å². The van der Waals surface area contributed by atoms with Crippen LogP contribution in [0.25, 0.3) is 0 Å². The lowest BCUT2D eigenvalue weighted by Gasteiger charge is -2.00. The average Bonchev–Trinajstić information content (AvgIpc) is 2.79. The van der Waals surface area contributed by atoms with E-state index in [1.54, 1.807) is 17.3 Å².